The number of hydrogen-bond donors (Lipinski definition) is 1. The average Bonchev–Trinajstić information content (AvgIpc) is 2.24. The maximum absolute atomic E-state index is 10.5. The third-order valence-electron chi connectivity index (χ3n) is 3.07. The van der Waals surface area contributed by atoms with Crippen LogP contribution in [0.25, 0.3) is 0 Å². The summed E-state index contributed by atoms with van der Waals surface area (Å²) in [6.07, 6.45) is 1.25. The van der Waals surface area contributed by atoms with Gasteiger partial charge in [0.1, 0.15) is 0 Å². The van der Waals surface area contributed by atoms with Crippen LogP contribution in [0.3, 0.4) is 0 Å². The summed E-state index contributed by atoms with van der Waals surface area (Å²) in [6, 6.07) is 8.47. The van der Waals surface area contributed by atoms with Crippen LogP contribution in [0.4, 0.5) is 5.69 Å². The summed E-state index contributed by atoms with van der Waals surface area (Å²) in [5.41, 5.74) is 6.02. The summed E-state index contributed by atoms with van der Waals surface area (Å²) < 4.78 is 0. The number of nitro groups is 1. The molecule has 0 atom stereocenters. The summed E-state index contributed by atoms with van der Waals surface area (Å²) in [5, 5.41) is 19.6. The van der Waals surface area contributed by atoms with E-state index < -0.39 is 10.3 Å². The molecule has 0 bridgehead atoms. The van der Waals surface area contributed by atoms with Crippen molar-refractivity contribution in [1.82, 2.24) is 0 Å². The summed E-state index contributed by atoms with van der Waals surface area (Å²) >= 11 is 0. The van der Waals surface area contributed by atoms with E-state index in [9.17, 15) is 10.1 Å². The Morgan fingerprint density at radius 1 is 1.44 bits per heavy atom. The number of nitro benzene ring substituents is 1. The summed E-state index contributed by atoms with van der Waals surface area (Å²) in [4.78, 5) is 10.0. The van der Waals surface area contributed by atoms with Crippen LogP contribution in [-0.2, 0) is 5.41 Å². The molecule has 2 rings (SSSR count). The molecule has 1 fully saturated rings. The molecule has 0 spiro atoms. The highest BCUT2D eigenvalue weighted by atomic mass is 16.6. The first-order valence-corrected chi connectivity index (χ1v) is 4.99. The second-order valence-corrected chi connectivity index (χ2v) is 4.17. The van der Waals surface area contributed by atoms with E-state index in [0.29, 0.717) is 12.8 Å². The smallest absolute Gasteiger partial charge is 0.269 e. The molecule has 5 heteroatoms. The van der Waals surface area contributed by atoms with Gasteiger partial charge in [0.05, 0.1) is 16.4 Å². The normalized spacial score (nSPS) is 27.9. The molecule has 0 aromatic heterocycles. The highest BCUT2D eigenvalue weighted by Crippen LogP contribution is 2.42. The molecule has 16 heavy (non-hydrogen) atoms. The van der Waals surface area contributed by atoms with Crippen LogP contribution in [0.15, 0.2) is 24.3 Å². The first-order chi connectivity index (χ1) is 7.57. The van der Waals surface area contributed by atoms with Gasteiger partial charge in [0.2, 0.25) is 0 Å². The Kier molecular flexibility index (Phi) is 2.37. The van der Waals surface area contributed by atoms with Gasteiger partial charge >= 0.3 is 0 Å². The zero-order valence-corrected chi connectivity index (χ0v) is 8.59. The maximum Gasteiger partial charge on any atom is 0.269 e. The topological polar surface area (TPSA) is 92.9 Å². The first kappa shape index (κ1) is 10.6. The van der Waals surface area contributed by atoms with Crippen molar-refractivity contribution in [2.24, 2.45) is 5.73 Å². The Labute approximate surface area is 92.6 Å². The third-order valence-corrected chi connectivity index (χ3v) is 3.07. The number of nitrogens with two attached hydrogens (primary N) is 1. The van der Waals surface area contributed by atoms with E-state index in [1.807, 2.05) is 0 Å². The molecule has 1 aliphatic carbocycles. The largest absolute Gasteiger partial charge is 0.328 e. The standard InChI is InChI=1S/C11H11N3O2/c12-7-11(5-9(13)6-11)8-1-3-10(4-2-8)14(15)16/h1-4,9H,5-6,13H2. The van der Waals surface area contributed by atoms with Gasteiger partial charge in [-0.25, -0.2) is 0 Å². The number of hydrogen-bond acceptors (Lipinski definition) is 4. The molecule has 0 saturated heterocycles. The molecule has 0 unspecified atom stereocenters. The van der Waals surface area contributed by atoms with E-state index in [1.165, 1.54) is 12.1 Å². The Hall–Kier alpha value is -1.93. The van der Waals surface area contributed by atoms with E-state index in [4.69, 9.17) is 11.0 Å². The molecular weight excluding hydrogens is 206 g/mol. The minimum Gasteiger partial charge on any atom is -0.328 e. The molecule has 2 N–H and O–H groups in total. The van der Waals surface area contributed by atoms with Crippen molar-refractivity contribution in [2.75, 3.05) is 0 Å². The SMILES string of the molecule is N#CC1(c2ccc([N+](=O)[O-])cc2)CC(N)C1. The summed E-state index contributed by atoms with van der Waals surface area (Å²) in [6.45, 7) is 0. The van der Waals surface area contributed by atoms with Crippen LogP contribution in [-0.4, -0.2) is 11.0 Å². The molecule has 1 saturated carbocycles. The fourth-order valence-electron chi connectivity index (χ4n) is 2.13. The van der Waals surface area contributed by atoms with Crippen molar-refractivity contribution in [3.8, 4) is 6.07 Å². The van der Waals surface area contributed by atoms with E-state index in [0.717, 1.165) is 5.56 Å². The molecule has 1 aromatic rings. The predicted molar refractivity (Wildman–Crippen MR) is 57.6 cm³/mol. The molecule has 82 valence electrons. The molecule has 0 amide bonds. The molecular formula is C11H11N3O2. The zero-order chi connectivity index (χ0) is 11.8. The quantitative estimate of drug-likeness (QED) is 0.599. The van der Waals surface area contributed by atoms with Crippen LogP contribution in [0.5, 0.6) is 0 Å². The van der Waals surface area contributed by atoms with Crippen molar-refractivity contribution >= 4 is 5.69 Å². The average molecular weight is 217 g/mol. The molecule has 1 aromatic carbocycles. The van der Waals surface area contributed by atoms with Gasteiger partial charge in [0.25, 0.3) is 5.69 Å². The monoisotopic (exact) mass is 217 g/mol. The molecule has 1 aliphatic rings. The maximum atomic E-state index is 10.5. The van der Waals surface area contributed by atoms with Crippen molar-refractivity contribution in [3.63, 3.8) is 0 Å². The van der Waals surface area contributed by atoms with Crippen LogP contribution >= 0.6 is 0 Å². The summed E-state index contributed by atoms with van der Waals surface area (Å²) in [7, 11) is 0. The van der Waals surface area contributed by atoms with Gasteiger partial charge in [-0.2, -0.15) is 5.26 Å². The summed E-state index contributed by atoms with van der Waals surface area (Å²) in [5.74, 6) is 0. The highest BCUT2D eigenvalue weighted by molar-refractivity contribution is 5.42. The van der Waals surface area contributed by atoms with E-state index in [1.54, 1.807) is 12.1 Å². The number of nitrogens with zero attached hydrogens (tertiary/aromatic N) is 2. The highest BCUT2D eigenvalue weighted by Gasteiger charge is 2.44. The van der Waals surface area contributed by atoms with Crippen LogP contribution in [0, 0.1) is 21.4 Å². The van der Waals surface area contributed by atoms with Gasteiger partial charge in [-0.15, -0.1) is 0 Å². The Morgan fingerprint density at radius 3 is 2.38 bits per heavy atom. The number of non-ortho nitro benzene ring substituents is 1. The van der Waals surface area contributed by atoms with Crippen LogP contribution in [0.2, 0.25) is 0 Å². The van der Waals surface area contributed by atoms with Gasteiger partial charge in [0, 0.05) is 18.2 Å². The van der Waals surface area contributed by atoms with E-state index in [2.05, 4.69) is 6.07 Å². The van der Waals surface area contributed by atoms with Gasteiger partial charge in [-0.05, 0) is 18.4 Å². The Morgan fingerprint density at radius 2 is 2.00 bits per heavy atom. The van der Waals surface area contributed by atoms with Gasteiger partial charge in [0.15, 0.2) is 0 Å². The number of benzene rings is 1. The van der Waals surface area contributed by atoms with Crippen molar-refractivity contribution in [1.29, 1.82) is 5.26 Å². The second-order valence-electron chi connectivity index (χ2n) is 4.17. The number of rotatable bonds is 2. The van der Waals surface area contributed by atoms with Crippen LogP contribution in [0.1, 0.15) is 18.4 Å². The fraction of sp³-hybridized carbons (Fsp3) is 0.364. The lowest BCUT2D eigenvalue weighted by atomic mass is 9.63. The molecule has 0 heterocycles. The second kappa shape index (κ2) is 3.58. The first-order valence-electron chi connectivity index (χ1n) is 4.99. The lowest BCUT2D eigenvalue weighted by molar-refractivity contribution is -0.384. The lowest BCUT2D eigenvalue weighted by Gasteiger charge is -2.40. The predicted octanol–water partition coefficient (Wildman–Crippen LogP) is 1.48. The van der Waals surface area contributed by atoms with Crippen molar-refractivity contribution < 1.29 is 4.92 Å². The molecule has 5 nitrogen and oxygen atoms in total. The van der Waals surface area contributed by atoms with E-state index >= 15 is 0 Å². The van der Waals surface area contributed by atoms with Crippen molar-refractivity contribution in [3.05, 3.63) is 39.9 Å². The van der Waals surface area contributed by atoms with Gasteiger partial charge < -0.3 is 5.73 Å². The number of nitriles is 1. The van der Waals surface area contributed by atoms with E-state index in [-0.39, 0.29) is 11.7 Å². The minimum absolute atomic E-state index is 0.0421. The van der Waals surface area contributed by atoms with Gasteiger partial charge in [-0.3, -0.25) is 10.1 Å². The Balaban J connectivity index is 2.29. The van der Waals surface area contributed by atoms with Crippen molar-refractivity contribution in [2.45, 2.75) is 24.3 Å². The Bertz CT molecular complexity index is 455. The molecule has 0 aliphatic heterocycles. The fourth-order valence-corrected chi connectivity index (χ4v) is 2.13. The minimum atomic E-state index is -0.533. The van der Waals surface area contributed by atoms with Gasteiger partial charge in [-0.1, -0.05) is 12.1 Å². The lowest BCUT2D eigenvalue weighted by Crippen LogP contribution is -2.48. The van der Waals surface area contributed by atoms with Crippen LogP contribution < -0.4 is 5.73 Å². The third kappa shape index (κ3) is 1.53. The molecule has 0 radical (unpaired) electrons. The zero-order valence-electron chi connectivity index (χ0n) is 8.59.